The number of aliphatic hydroxyl groups excluding tert-OH is 1. The lowest BCUT2D eigenvalue weighted by molar-refractivity contribution is -0.118. The van der Waals surface area contributed by atoms with Gasteiger partial charge in [0, 0.05) is 5.56 Å². The van der Waals surface area contributed by atoms with Crippen molar-refractivity contribution in [1.29, 1.82) is 0 Å². The largest absolute Gasteiger partial charge is 0.482 e. The molecule has 6 heteroatoms. The molecule has 6 nitrogen and oxygen atoms in total. The monoisotopic (exact) mass is 263 g/mol. The lowest BCUT2D eigenvalue weighted by Gasteiger charge is -2.38. The smallest absolute Gasteiger partial charge is 0.262 e. The number of Topliss-reactive ketones (excluding diaryl/α,β-unsaturated/α-hetero) is 1. The van der Waals surface area contributed by atoms with Gasteiger partial charge in [-0.3, -0.25) is 9.59 Å². The van der Waals surface area contributed by atoms with Gasteiger partial charge in [0.05, 0.1) is 25.5 Å². The van der Waals surface area contributed by atoms with Crippen LogP contribution in [-0.2, 0) is 9.53 Å². The molecule has 1 amide bonds. The van der Waals surface area contributed by atoms with Crippen LogP contribution in [0, 0.1) is 5.41 Å². The molecule has 0 spiro atoms. The molecule has 2 heterocycles. The summed E-state index contributed by atoms with van der Waals surface area (Å²) in [5.74, 6) is 0.115. The Labute approximate surface area is 109 Å². The molecule has 1 saturated heterocycles. The molecule has 0 radical (unpaired) electrons. The minimum atomic E-state index is -0.840. The molecule has 0 aliphatic carbocycles. The molecule has 0 unspecified atom stereocenters. The number of carbonyl (C=O) groups excluding carboxylic acids is 2. The van der Waals surface area contributed by atoms with E-state index in [1.54, 1.807) is 18.2 Å². The van der Waals surface area contributed by atoms with E-state index in [0.717, 1.165) is 0 Å². The summed E-state index contributed by atoms with van der Waals surface area (Å²) in [7, 11) is 0. The SMILES string of the molecule is O=C1COc2ccc(C(=O)C3(CO)COC3)cc2N1. The van der Waals surface area contributed by atoms with E-state index in [1.165, 1.54) is 0 Å². The quantitative estimate of drug-likeness (QED) is 0.761. The molecule has 1 aromatic rings. The van der Waals surface area contributed by atoms with Gasteiger partial charge in [0.2, 0.25) is 0 Å². The van der Waals surface area contributed by atoms with E-state index < -0.39 is 5.41 Å². The minimum absolute atomic E-state index is 0.0191. The van der Waals surface area contributed by atoms with Crippen LogP contribution in [0.4, 0.5) is 5.69 Å². The predicted molar refractivity (Wildman–Crippen MR) is 65.2 cm³/mol. The Morgan fingerprint density at radius 3 is 2.84 bits per heavy atom. The fourth-order valence-corrected chi connectivity index (χ4v) is 2.17. The summed E-state index contributed by atoms with van der Waals surface area (Å²) in [6, 6.07) is 4.85. The Morgan fingerprint density at radius 2 is 2.21 bits per heavy atom. The van der Waals surface area contributed by atoms with Crippen molar-refractivity contribution in [3.05, 3.63) is 23.8 Å². The maximum atomic E-state index is 12.4. The van der Waals surface area contributed by atoms with Gasteiger partial charge < -0.3 is 19.9 Å². The zero-order chi connectivity index (χ0) is 13.5. The van der Waals surface area contributed by atoms with Gasteiger partial charge in [0.1, 0.15) is 11.2 Å². The molecule has 1 aromatic carbocycles. The van der Waals surface area contributed by atoms with Crippen molar-refractivity contribution >= 4 is 17.4 Å². The minimum Gasteiger partial charge on any atom is -0.482 e. The van der Waals surface area contributed by atoms with Crippen LogP contribution in [0.2, 0.25) is 0 Å². The highest BCUT2D eigenvalue weighted by Gasteiger charge is 2.45. The summed E-state index contributed by atoms with van der Waals surface area (Å²) in [6.07, 6.45) is 0. The summed E-state index contributed by atoms with van der Waals surface area (Å²) >= 11 is 0. The van der Waals surface area contributed by atoms with Crippen molar-refractivity contribution in [2.45, 2.75) is 0 Å². The molecule has 0 atom stereocenters. The summed E-state index contributed by atoms with van der Waals surface area (Å²) in [5, 5.41) is 12.0. The van der Waals surface area contributed by atoms with Crippen LogP contribution in [0.25, 0.3) is 0 Å². The molecule has 0 bridgehead atoms. The Hall–Kier alpha value is -1.92. The number of hydrogen-bond donors (Lipinski definition) is 2. The number of amides is 1. The number of nitrogens with one attached hydrogen (secondary N) is 1. The average Bonchev–Trinajstić information content (AvgIpc) is 2.37. The highest BCUT2D eigenvalue weighted by atomic mass is 16.5. The second kappa shape index (κ2) is 4.32. The second-order valence-electron chi connectivity index (χ2n) is 4.81. The van der Waals surface area contributed by atoms with Crippen LogP contribution in [0.1, 0.15) is 10.4 Å². The number of carbonyl (C=O) groups is 2. The van der Waals surface area contributed by atoms with Crippen molar-refractivity contribution in [3.8, 4) is 5.75 Å². The standard InChI is InChI=1S/C13H13NO5/c15-5-13(6-18-7-13)12(17)8-1-2-10-9(3-8)14-11(16)4-19-10/h1-3,15H,4-7H2,(H,14,16). The zero-order valence-corrected chi connectivity index (χ0v) is 10.1. The summed E-state index contributed by atoms with van der Waals surface area (Å²) in [6.45, 7) is 0.186. The Bertz CT molecular complexity index is 544. The van der Waals surface area contributed by atoms with E-state index in [2.05, 4.69) is 5.32 Å². The Morgan fingerprint density at radius 1 is 1.42 bits per heavy atom. The average molecular weight is 263 g/mol. The van der Waals surface area contributed by atoms with E-state index in [1.807, 2.05) is 0 Å². The third-order valence-electron chi connectivity index (χ3n) is 3.42. The molecular weight excluding hydrogens is 250 g/mol. The number of rotatable bonds is 3. The maximum absolute atomic E-state index is 12.4. The Balaban J connectivity index is 1.91. The van der Waals surface area contributed by atoms with Crippen LogP contribution in [0.15, 0.2) is 18.2 Å². The fraction of sp³-hybridized carbons (Fsp3) is 0.385. The van der Waals surface area contributed by atoms with Gasteiger partial charge in [-0.2, -0.15) is 0 Å². The zero-order valence-electron chi connectivity index (χ0n) is 10.1. The van der Waals surface area contributed by atoms with Gasteiger partial charge in [-0.1, -0.05) is 0 Å². The lowest BCUT2D eigenvalue weighted by Crippen LogP contribution is -2.51. The predicted octanol–water partition coefficient (Wildman–Crippen LogP) is 0.209. The van der Waals surface area contributed by atoms with Gasteiger partial charge in [-0.15, -0.1) is 0 Å². The number of hydrogen-bond acceptors (Lipinski definition) is 5. The summed E-state index contributed by atoms with van der Waals surface area (Å²) in [4.78, 5) is 23.6. The van der Waals surface area contributed by atoms with Gasteiger partial charge in [-0.05, 0) is 18.2 Å². The molecule has 2 aliphatic heterocycles. The molecule has 100 valence electrons. The second-order valence-corrected chi connectivity index (χ2v) is 4.81. The number of anilines is 1. The van der Waals surface area contributed by atoms with Crippen molar-refractivity contribution in [2.24, 2.45) is 5.41 Å². The summed E-state index contributed by atoms with van der Waals surface area (Å²) in [5.41, 5.74) is 0.0747. The lowest BCUT2D eigenvalue weighted by atomic mass is 9.79. The van der Waals surface area contributed by atoms with Crippen LogP contribution in [0.5, 0.6) is 5.75 Å². The first kappa shape index (κ1) is 12.1. The highest BCUT2D eigenvalue weighted by Crippen LogP contribution is 2.34. The number of fused-ring (bicyclic) bond motifs is 1. The number of ketones is 1. The van der Waals surface area contributed by atoms with E-state index in [-0.39, 0.29) is 38.1 Å². The maximum Gasteiger partial charge on any atom is 0.262 e. The van der Waals surface area contributed by atoms with Gasteiger partial charge >= 0.3 is 0 Å². The molecule has 19 heavy (non-hydrogen) atoms. The van der Waals surface area contributed by atoms with E-state index in [0.29, 0.717) is 17.0 Å². The van der Waals surface area contributed by atoms with Crippen LogP contribution in [-0.4, -0.2) is 43.2 Å². The number of ether oxygens (including phenoxy) is 2. The van der Waals surface area contributed by atoms with Crippen molar-refractivity contribution in [2.75, 3.05) is 31.7 Å². The van der Waals surface area contributed by atoms with Crippen LogP contribution >= 0.6 is 0 Å². The van der Waals surface area contributed by atoms with Crippen LogP contribution < -0.4 is 10.1 Å². The Kier molecular flexibility index (Phi) is 2.76. The van der Waals surface area contributed by atoms with Gasteiger partial charge in [0.15, 0.2) is 12.4 Å². The topological polar surface area (TPSA) is 84.9 Å². The first-order valence-corrected chi connectivity index (χ1v) is 5.95. The van der Waals surface area contributed by atoms with Gasteiger partial charge in [0.25, 0.3) is 5.91 Å². The fourth-order valence-electron chi connectivity index (χ4n) is 2.17. The third kappa shape index (κ3) is 1.89. The molecule has 2 N–H and O–H groups in total. The molecule has 2 aliphatic rings. The van der Waals surface area contributed by atoms with E-state index in [4.69, 9.17) is 9.47 Å². The van der Waals surface area contributed by atoms with Crippen LogP contribution in [0.3, 0.4) is 0 Å². The molecule has 0 aromatic heterocycles. The number of aliphatic hydroxyl groups is 1. The molecule has 0 saturated carbocycles. The van der Waals surface area contributed by atoms with E-state index in [9.17, 15) is 14.7 Å². The highest BCUT2D eigenvalue weighted by molar-refractivity contribution is 6.04. The first-order chi connectivity index (χ1) is 9.14. The van der Waals surface area contributed by atoms with Crippen molar-refractivity contribution in [1.82, 2.24) is 0 Å². The van der Waals surface area contributed by atoms with Crippen molar-refractivity contribution < 1.29 is 24.2 Å². The molecular formula is C13H13NO5. The summed E-state index contributed by atoms with van der Waals surface area (Å²) < 4.78 is 10.3. The van der Waals surface area contributed by atoms with Crippen molar-refractivity contribution in [3.63, 3.8) is 0 Å². The van der Waals surface area contributed by atoms with E-state index >= 15 is 0 Å². The molecule has 3 rings (SSSR count). The first-order valence-electron chi connectivity index (χ1n) is 5.95. The van der Waals surface area contributed by atoms with Gasteiger partial charge in [-0.25, -0.2) is 0 Å². The normalized spacial score (nSPS) is 19.7. The molecule has 1 fully saturated rings. The number of benzene rings is 1. The third-order valence-corrected chi connectivity index (χ3v) is 3.42.